The van der Waals surface area contributed by atoms with Crippen LogP contribution in [0.3, 0.4) is 0 Å². The molecule has 0 aliphatic carbocycles. The Balaban J connectivity index is 1.62. The Labute approximate surface area is 192 Å². The predicted molar refractivity (Wildman–Crippen MR) is 130 cm³/mol. The highest BCUT2D eigenvalue weighted by Crippen LogP contribution is 2.25. The van der Waals surface area contributed by atoms with E-state index in [4.69, 9.17) is 4.98 Å². The van der Waals surface area contributed by atoms with Gasteiger partial charge in [0.25, 0.3) is 11.1 Å². The molecule has 3 aromatic heterocycles. The first kappa shape index (κ1) is 20.7. The summed E-state index contributed by atoms with van der Waals surface area (Å²) in [6.07, 6.45) is 0. The number of hydrogen-bond acceptors (Lipinski definition) is 6. The van der Waals surface area contributed by atoms with Crippen LogP contribution in [0.25, 0.3) is 21.6 Å². The first-order valence-electron chi connectivity index (χ1n) is 10.1. The molecule has 160 valence electrons. The van der Waals surface area contributed by atoms with Crippen LogP contribution in [0.5, 0.6) is 0 Å². The van der Waals surface area contributed by atoms with Crippen molar-refractivity contribution < 1.29 is 0 Å². The molecular formula is C24H20N4O2S2. The van der Waals surface area contributed by atoms with Gasteiger partial charge in [-0.2, -0.15) is 0 Å². The maximum absolute atomic E-state index is 13.4. The van der Waals surface area contributed by atoms with Crippen LogP contribution in [-0.4, -0.2) is 18.9 Å². The van der Waals surface area contributed by atoms with E-state index >= 15 is 0 Å². The Kier molecular flexibility index (Phi) is 5.19. The molecular weight excluding hydrogens is 440 g/mol. The smallest absolute Gasteiger partial charge is 0.266 e. The zero-order valence-corrected chi connectivity index (χ0v) is 19.5. The maximum Gasteiger partial charge on any atom is 0.266 e. The molecule has 5 rings (SSSR count). The summed E-state index contributed by atoms with van der Waals surface area (Å²) in [7, 11) is 0. The summed E-state index contributed by atoms with van der Waals surface area (Å²) in [6.45, 7) is 5.96. The number of aryl methyl sites for hydroxylation is 3. The van der Waals surface area contributed by atoms with E-state index in [9.17, 15) is 9.59 Å². The van der Waals surface area contributed by atoms with Crippen LogP contribution in [0.2, 0.25) is 0 Å². The molecule has 0 saturated carbocycles. The quantitative estimate of drug-likeness (QED) is 0.288. The molecule has 6 nitrogen and oxygen atoms in total. The van der Waals surface area contributed by atoms with E-state index in [1.54, 1.807) is 21.1 Å². The summed E-state index contributed by atoms with van der Waals surface area (Å²) < 4.78 is 3.26. The van der Waals surface area contributed by atoms with Gasteiger partial charge in [-0.1, -0.05) is 30.0 Å². The Bertz CT molecular complexity index is 1610. The van der Waals surface area contributed by atoms with Crippen molar-refractivity contribution in [1.29, 1.82) is 0 Å². The first-order chi connectivity index (χ1) is 15.4. The van der Waals surface area contributed by atoms with Crippen LogP contribution in [0, 0.1) is 20.8 Å². The van der Waals surface area contributed by atoms with Crippen molar-refractivity contribution in [2.75, 3.05) is 0 Å². The molecule has 0 unspecified atom stereocenters. The molecule has 0 atom stereocenters. The summed E-state index contributed by atoms with van der Waals surface area (Å²) in [5.74, 6) is 0.429. The van der Waals surface area contributed by atoms with Crippen LogP contribution >= 0.6 is 23.1 Å². The molecule has 0 radical (unpaired) electrons. The Morgan fingerprint density at radius 1 is 0.969 bits per heavy atom. The summed E-state index contributed by atoms with van der Waals surface area (Å²) in [4.78, 5) is 36.0. The second-order valence-electron chi connectivity index (χ2n) is 7.69. The van der Waals surface area contributed by atoms with E-state index in [0.29, 0.717) is 32.5 Å². The molecule has 2 aromatic carbocycles. The minimum atomic E-state index is -0.112. The van der Waals surface area contributed by atoms with Gasteiger partial charge in [0, 0.05) is 22.9 Å². The second-order valence-corrected chi connectivity index (χ2v) is 9.47. The van der Waals surface area contributed by atoms with Crippen LogP contribution in [0.4, 0.5) is 0 Å². The third-order valence-electron chi connectivity index (χ3n) is 5.47. The molecule has 0 amide bonds. The molecule has 0 bridgehead atoms. The Morgan fingerprint density at radius 3 is 2.59 bits per heavy atom. The molecule has 5 aromatic rings. The number of aromatic nitrogens is 4. The third-order valence-corrected chi connectivity index (χ3v) is 7.39. The molecule has 0 aliphatic rings. The van der Waals surface area contributed by atoms with Crippen molar-refractivity contribution in [2.24, 2.45) is 0 Å². The number of benzene rings is 2. The van der Waals surface area contributed by atoms with Crippen LogP contribution in [0.1, 0.15) is 22.5 Å². The highest BCUT2D eigenvalue weighted by atomic mass is 32.2. The van der Waals surface area contributed by atoms with Crippen molar-refractivity contribution in [3.8, 4) is 5.69 Å². The highest BCUT2D eigenvalue weighted by molar-refractivity contribution is 7.98. The molecule has 0 N–H and O–H groups in total. The number of hydrogen-bond donors (Lipinski definition) is 0. The van der Waals surface area contributed by atoms with Crippen LogP contribution < -0.4 is 11.1 Å². The fourth-order valence-electron chi connectivity index (χ4n) is 3.61. The standard InChI is InChI=1S/C24H20N4O2S2/c1-14-8-9-18(10-15(14)2)28-22(30)19-6-4-5-7-20(19)26-24(28)32-13-17-11-21(29)27-16(3)12-31-23(27)25-17/h4-12H,13H2,1-3H3. The minimum Gasteiger partial charge on any atom is -0.269 e. The summed E-state index contributed by atoms with van der Waals surface area (Å²) in [6, 6.07) is 14.9. The lowest BCUT2D eigenvalue weighted by atomic mass is 10.1. The predicted octanol–water partition coefficient (Wildman–Crippen LogP) is 4.67. The van der Waals surface area contributed by atoms with Crippen LogP contribution in [0.15, 0.2) is 68.7 Å². The summed E-state index contributed by atoms with van der Waals surface area (Å²) in [5, 5.41) is 3.06. The molecule has 0 saturated heterocycles. The van der Waals surface area contributed by atoms with E-state index in [-0.39, 0.29) is 11.1 Å². The van der Waals surface area contributed by atoms with Crippen LogP contribution in [-0.2, 0) is 5.75 Å². The zero-order valence-electron chi connectivity index (χ0n) is 17.8. The number of thioether (sulfide) groups is 1. The van der Waals surface area contributed by atoms with Gasteiger partial charge in [0.1, 0.15) is 0 Å². The normalized spacial score (nSPS) is 11.5. The number of rotatable bonds is 4. The van der Waals surface area contributed by atoms with E-state index in [2.05, 4.69) is 4.98 Å². The minimum absolute atomic E-state index is 0.0950. The molecule has 0 spiro atoms. The number of thiazole rings is 1. The molecule has 3 heterocycles. The van der Waals surface area contributed by atoms with Gasteiger partial charge in [0.15, 0.2) is 10.1 Å². The maximum atomic E-state index is 13.4. The average molecular weight is 461 g/mol. The highest BCUT2D eigenvalue weighted by Gasteiger charge is 2.15. The van der Waals surface area contributed by atoms with Crippen molar-refractivity contribution in [3.63, 3.8) is 0 Å². The van der Waals surface area contributed by atoms with Crippen molar-refractivity contribution in [3.05, 3.63) is 97.1 Å². The van der Waals surface area contributed by atoms with Gasteiger partial charge in [0.2, 0.25) is 0 Å². The van der Waals surface area contributed by atoms with Gasteiger partial charge >= 0.3 is 0 Å². The molecule has 8 heteroatoms. The van der Waals surface area contributed by atoms with Gasteiger partial charge in [0.05, 0.1) is 22.3 Å². The van der Waals surface area contributed by atoms with E-state index in [1.807, 2.05) is 62.5 Å². The largest absolute Gasteiger partial charge is 0.269 e. The fourth-order valence-corrected chi connectivity index (χ4v) is 5.41. The SMILES string of the molecule is Cc1ccc(-n2c(SCc3cc(=O)n4c(C)csc4n3)nc3ccccc3c2=O)cc1C. The molecule has 0 aliphatic heterocycles. The van der Waals surface area contributed by atoms with Gasteiger partial charge < -0.3 is 0 Å². The topological polar surface area (TPSA) is 69.3 Å². The number of fused-ring (bicyclic) bond motifs is 2. The molecule has 0 fully saturated rings. The first-order valence-corrected chi connectivity index (χ1v) is 12.0. The van der Waals surface area contributed by atoms with Gasteiger partial charge in [-0.05, 0) is 56.2 Å². The Morgan fingerprint density at radius 2 is 1.78 bits per heavy atom. The van der Waals surface area contributed by atoms with E-state index in [1.165, 1.54) is 23.1 Å². The van der Waals surface area contributed by atoms with E-state index in [0.717, 1.165) is 22.5 Å². The van der Waals surface area contributed by atoms with E-state index < -0.39 is 0 Å². The fraction of sp³-hybridized carbons (Fsp3) is 0.167. The average Bonchev–Trinajstić information content (AvgIpc) is 3.15. The van der Waals surface area contributed by atoms with Gasteiger partial charge in [-0.25, -0.2) is 9.97 Å². The molecule has 32 heavy (non-hydrogen) atoms. The lowest BCUT2D eigenvalue weighted by Gasteiger charge is -2.14. The second kappa shape index (κ2) is 8.03. The number of nitrogens with zero attached hydrogens (tertiary/aromatic N) is 4. The van der Waals surface area contributed by atoms with Gasteiger partial charge in [-0.15, -0.1) is 11.3 Å². The van der Waals surface area contributed by atoms with Crippen molar-refractivity contribution in [1.82, 2.24) is 18.9 Å². The van der Waals surface area contributed by atoms with Crippen molar-refractivity contribution >= 4 is 39.0 Å². The van der Waals surface area contributed by atoms with Gasteiger partial charge in [-0.3, -0.25) is 18.6 Å². The Hall–Kier alpha value is -3.23. The summed E-state index contributed by atoms with van der Waals surface area (Å²) >= 11 is 2.85. The lowest BCUT2D eigenvalue weighted by molar-refractivity contribution is 0.817. The third kappa shape index (κ3) is 3.55. The monoisotopic (exact) mass is 460 g/mol. The number of para-hydroxylation sites is 1. The lowest BCUT2D eigenvalue weighted by Crippen LogP contribution is -2.22. The van der Waals surface area contributed by atoms with Crippen molar-refractivity contribution in [2.45, 2.75) is 31.7 Å². The zero-order chi connectivity index (χ0) is 22.4. The summed E-state index contributed by atoms with van der Waals surface area (Å²) in [5.41, 5.74) is 5.02.